The Morgan fingerprint density at radius 3 is 2.78 bits per heavy atom. The van der Waals surface area contributed by atoms with E-state index in [9.17, 15) is 0 Å². The van der Waals surface area contributed by atoms with E-state index in [1.807, 2.05) is 6.92 Å². The summed E-state index contributed by atoms with van der Waals surface area (Å²) in [4.78, 5) is 0. The fourth-order valence-corrected chi connectivity index (χ4v) is 0.732. The highest BCUT2D eigenvalue weighted by Gasteiger charge is 2.10. The van der Waals surface area contributed by atoms with E-state index in [2.05, 4.69) is 10.2 Å². The molecule has 2 N–H and O–H groups in total. The zero-order valence-electron chi connectivity index (χ0n) is 5.08. The van der Waals surface area contributed by atoms with Crippen LogP contribution in [0.25, 0.3) is 0 Å². The van der Waals surface area contributed by atoms with Crippen molar-refractivity contribution in [2.75, 3.05) is 0 Å². The number of rotatable bonds is 0. The van der Waals surface area contributed by atoms with Crippen molar-refractivity contribution in [3.63, 3.8) is 0 Å². The molecule has 1 aliphatic heterocycles. The highest BCUT2D eigenvalue weighted by atomic mass is 35.5. The van der Waals surface area contributed by atoms with Crippen molar-refractivity contribution >= 4 is 11.6 Å². The fourth-order valence-electron chi connectivity index (χ4n) is 0.609. The van der Waals surface area contributed by atoms with Crippen LogP contribution in [-0.4, -0.2) is 11.7 Å². The number of hydrogen-bond donors (Lipinski definition) is 1. The SMILES string of the molecule is CC1=CC(N)N=NC1Cl. The minimum atomic E-state index is -0.301. The minimum absolute atomic E-state index is 0.292. The van der Waals surface area contributed by atoms with E-state index in [-0.39, 0.29) is 11.7 Å². The van der Waals surface area contributed by atoms with Crippen LogP contribution < -0.4 is 5.73 Å². The van der Waals surface area contributed by atoms with Crippen LogP contribution in [0.1, 0.15) is 6.92 Å². The van der Waals surface area contributed by atoms with E-state index >= 15 is 0 Å². The first-order chi connectivity index (χ1) is 4.20. The molecule has 0 saturated heterocycles. The van der Waals surface area contributed by atoms with Crippen LogP contribution in [-0.2, 0) is 0 Å². The third-order valence-corrected chi connectivity index (χ3v) is 1.54. The lowest BCUT2D eigenvalue weighted by molar-refractivity contribution is 0.718. The van der Waals surface area contributed by atoms with Crippen LogP contribution in [0.4, 0.5) is 0 Å². The lowest BCUT2D eigenvalue weighted by Crippen LogP contribution is -2.18. The molecule has 0 aliphatic carbocycles. The maximum Gasteiger partial charge on any atom is 0.165 e. The number of azo groups is 1. The maximum absolute atomic E-state index is 5.65. The Bertz CT molecular complexity index is 164. The van der Waals surface area contributed by atoms with Gasteiger partial charge in [-0.15, -0.1) is 0 Å². The summed E-state index contributed by atoms with van der Waals surface area (Å²) in [6.45, 7) is 1.88. The van der Waals surface area contributed by atoms with Gasteiger partial charge in [-0.1, -0.05) is 11.6 Å². The quantitative estimate of drug-likeness (QED) is 0.311. The highest BCUT2D eigenvalue weighted by molar-refractivity contribution is 6.22. The standard InChI is InChI=1S/C5H8ClN3/c1-3-2-4(7)8-9-5(3)6/h2,4-5H,7H2,1H3. The van der Waals surface area contributed by atoms with Crippen LogP contribution >= 0.6 is 11.6 Å². The van der Waals surface area contributed by atoms with Crippen molar-refractivity contribution in [3.8, 4) is 0 Å². The van der Waals surface area contributed by atoms with Gasteiger partial charge in [0.25, 0.3) is 0 Å². The van der Waals surface area contributed by atoms with Gasteiger partial charge in [0.2, 0.25) is 0 Å². The molecule has 4 heteroatoms. The van der Waals surface area contributed by atoms with Crippen LogP contribution in [0, 0.1) is 0 Å². The molecular formula is C5H8ClN3. The van der Waals surface area contributed by atoms with E-state index in [0.717, 1.165) is 5.57 Å². The van der Waals surface area contributed by atoms with Gasteiger partial charge in [-0.2, -0.15) is 10.2 Å². The molecule has 9 heavy (non-hydrogen) atoms. The van der Waals surface area contributed by atoms with Gasteiger partial charge < -0.3 is 5.73 Å². The largest absolute Gasteiger partial charge is 0.305 e. The summed E-state index contributed by atoms with van der Waals surface area (Å²) in [5.41, 5.74) is 6.06. The molecule has 0 aromatic rings. The molecule has 0 aromatic heterocycles. The van der Waals surface area contributed by atoms with Gasteiger partial charge in [-0.3, -0.25) is 0 Å². The van der Waals surface area contributed by atoms with Crippen LogP contribution in [0.5, 0.6) is 0 Å². The highest BCUT2D eigenvalue weighted by Crippen LogP contribution is 2.16. The van der Waals surface area contributed by atoms with Crippen LogP contribution in [0.3, 0.4) is 0 Å². The zero-order chi connectivity index (χ0) is 6.85. The molecule has 2 atom stereocenters. The van der Waals surface area contributed by atoms with Gasteiger partial charge in [0.05, 0.1) is 0 Å². The second-order valence-corrected chi connectivity index (χ2v) is 2.38. The number of alkyl halides is 1. The zero-order valence-corrected chi connectivity index (χ0v) is 5.84. The summed E-state index contributed by atoms with van der Waals surface area (Å²) in [7, 11) is 0. The molecule has 50 valence electrons. The molecule has 0 saturated carbocycles. The van der Waals surface area contributed by atoms with Crippen molar-refractivity contribution in [2.24, 2.45) is 16.0 Å². The van der Waals surface area contributed by atoms with Crippen molar-refractivity contribution in [1.29, 1.82) is 0 Å². The Labute approximate surface area is 58.6 Å². The Hall–Kier alpha value is -0.410. The van der Waals surface area contributed by atoms with Crippen LogP contribution in [0.2, 0.25) is 0 Å². The molecule has 0 bridgehead atoms. The second-order valence-electron chi connectivity index (χ2n) is 1.97. The van der Waals surface area contributed by atoms with Crippen molar-refractivity contribution in [3.05, 3.63) is 11.6 Å². The summed E-state index contributed by atoms with van der Waals surface area (Å²) in [5, 5.41) is 7.34. The Balaban J connectivity index is 2.70. The average Bonchev–Trinajstić information content (AvgIpc) is 1.80. The Morgan fingerprint density at radius 2 is 2.33 bits per heavy atom. The lowest BCUT2D eigenvalue weighted by atomic mass is 10.2. The molecule has 1 rings (SSSR count). The third-order valence-electron chi connectivity index (χ3n) is 1.11. The van der Waals surface area contributed by atoms with Gasteiger partial charge in [-0.25, -0.2) is 0 Å². The Kier molecular flexibility index (Phi) is 1.83. The molecule has 0 fully saturated rings. The molecule has 2 unspecified atom stereocenters. The molecule has 0 radical (unpaired) electrons. The normalized spacial score (nSPS) is 34.3. The molecule has 1 heterocycles. The van der Waals surface area contributed by atoms with Crippen molar-refractivity contribution < 1.29 is 0 Å². The van der Waals surface area contributed by atoms with Gasteiger partial charge in [0.1, 0.15) is 6.17 Å². The predicted molar refractivity (Wildman–Crippen MR) is 36.2 cm³/mol. The molecule has 0 aromatic carbocycles. The van der Waals surface area contributed by atoms with Gasteiger partial charge in [-0.05, 0) is 18.6 Å². The van der Waals surface area contributed by atoms with Crippen molar-refractivity contribution in [2.45, 2.75) is 18.6 Å². The monoisotopic (exact) mass is 145 g/mol. The molecular weight excluding hydrogens is 138 g/mol. The maximum atomic E-state index is 5.65. The summed E-state index contributed by atoms with van der Waals surface area (Å²) in [5.74, 6) is 0. The number of nitrogens with zero attached hydrogens (tertiary/aromatic N) is 2. The second kappa shape index (κ2) is 2.45. The average molecular weight is 146 g/mol. The number of nitrogens with two attached hydrogens (primary N) is 1. The van der Waals surface area contributed by atoms with E-state index in [0.29, 0.717) is 0 Å². The van der Waals surface area contributed by atoms with Gasteiger partial charge >= 0.3 is 0 Å². The van der Waals surface area contributed by atoms with Crippen LogP contribution in [0.15, 0.2) is 21.9 Å². The van der Waals surface area contributed by atoms with Gasteiger partial charge in [0, 0.05) is 0 Å². The lowest BCUT2D eigenvalue weighted by Gasteiger charge is -2.10. The molecule has 0 amide bonds. The minimum Gasteiger partial charge on any atom is -0.305 e. The van der Waals surface area contributed by atoms with E-state index in [1.54, 1.807) is 6.08 Å². The smallest absolute Gasteiger partial charge is 0.165 e. The first-order valence-electron chi connectivity index (χ1n) is 2.68. The summed E-state index contributed by atoms with van der Waals surface area (Å²) in [6.07, 6.45) is 1.50. The first kappa shape index (κ1) is 6.71. The van der Waals surface area contributed by atoms with Gasteiger partial charge in [0.15, 0.2) is 5.50 Å². The topological polar surface area (TPSA) is 50.7 Å². The molecule has 3 nitrogen and oxygen atoms in total. The molecule has 1 aliphatic rings. The van der Waals surface area contributed by atoms with E-state index in [4.69, 9.17) is 17.3 Å². The molecule has 0 spiro atoms. The number of halogens is 1. The van der Waals surface area contributed by atoms with E-state index in [1.165, 1.54) is 0 Å². The third kappa shape index (κ3) is 1.50. The van der Waals surface area contributed by atoms with Crippen molar-refractivity contribution in [1.82, 2.24) is 0 Å². The Morgan fingerprint density at radius 1 is 1.67 bits per heavy atom. The first-order valence-corrected chi connectivity index (χ1v) is 3.12. The van der Waals surface area contributed by atoms with E-state index < -0.39 is 0 Å². The fraction of sp³-hybridized carbons (Fsp3) is 0.600. The summed E-state index contributed by atoms with van der Waals surface area (Å²) >= 11 is 5.65. The summed E-state index contributed by atoms with van der Waals surface area (Å²) < 4.78 is 0. The summed E-state index contributed by atoms with van der Waals surface area (Å²) in [6, 6.07) is 0. The predicted octanol–water partition coefficient (Wildman–Crippen LogP) is 1.25. The number of hydrogen-bond acceptors (Lipinski definition) is 3.